The fourth-order valence-electron chi connectivity index (χ4n) is 1.04. The molecule has 1 aromatic rings. The first kappa shape index (κ1) is 11.9. The van der Waals surface area contributed by atoms with Gasteiger partial charge >= 0.3 is 0 Å². The second kappa shape index (κ2) is 4.13. The van der Waals surface area contributed by atoms with Crippen LogP contribution in [-0.2, 0) is 15.9 Å². The first-order chi connectivity index (χ1) is 6.79. The van der Waals surface area contributed by atoms with Crippen molar-refractivity contribution < 1.29 is 17.9 Å². The van der Waals surface area contributed by atoms with Crippen molar-refractivity contribution in [2.75, 3.05) is 0 Å². The molecule has 0 aliphatic heterocycles. The van der Waals surface area contributed by atoms with E-state index in [2.05, 4.69) is 0 Å². The van der Waals surface area contributed by atoms with Crippen LogP contribution in [0.3, 0.4) is 0 Å². The molecule has 8 heteroatoms. The molecule has 0 saturated carbocycles. The monoisotopic (exact) mass is 251 g/mol. The van der Waals surface area contributed by atoms with Crippen LogP contribution in [0, 0.1) is 10.1 Å². The second-order valence-electron chi connectivity index (χ2n) is 2.76. The average Bonchev–Trinajstić information content (AvgIpc) is 1.99. The van der Waals surface area contributed by atoms with Gasteiger partial charge in [0.15, 0.2) is 0 Å². The molecule has 15 heavy (non-hydrogen) atoms. The number of nitro benzene ring substituents is 1. The van der Waals surface area contributed by atoms with Crippen molar-refractivity contribution in [2.24, 2.45) is 0 Å². The Bertz CT molecular complexity index is 498. The van der Waals surface area contributed by atoms with Gasteiger partial charge in [0.2, 0.25) is 0 Å². The van der Waals surface area contributed by atoms with E-state index in [1.165, 1.54) is 6.07 Å². The first-order valence-corrected chi connectivity index (χ1v) is 5.66. The molecule has 0 unspecified atom stereocenters. The van der Waals surface area contributed by atoms with Gasteiger partial charge in [-0.1, -0.05) is 11.6 Å². The molecular weight excluding hydrogens is 246 g/mol. The predicted octanol–water partition coefficient (Wildman–Crippen LogP) is 1.64. The van der Waals surface area contributed by atoms with Crippen molar-refractivity contribution in [3.63, 3.8) is 0 Å². The quantitative estimate of drug-likeness (QED) is 0.500. The van der Waals surface area contributed by atoms with Crippen LogP contribution in [0.15, 0.2) is 18.2 Å². The van der Waals surface area contributed by atoms with Crippen molar-refractivity contribution in [3.05, 3.63) is 38.9 Å². The Hall–Kier alpha value is -1.18. The average molecular weight is 252 g/mol. The summed E-state index contributed by atoms with van der Waals surface area (Å²) < 4.78 is 29.7. The molecule has 0 heterocycles. The van der Waals surface area contributed by atoms with Crippen LogP contribution in [0.5, 0.6) is 0 Å². The third-order valence-corrected chi connectivity index (χ3v) is 2.49. The zero-order chi connectivity index (χ0) is 11.6. The molecular formula is C7H6ClNO5S. The van der Waals surface area contributed by atoms with E-state index in [-0.39, 0.29) is 10.6 Å². The standard InChI is InChI=1S/C7H6ClNO5S/c8-6-1-2-7(9(10)11)5(3-6)4-15(12,13)14/h1-3H,4H2,(H,12,13,14). The number of halogens is 1. The second-order valence-corrected chi connectivity index (χ2v) is 4.65. The van der Waals surface area contributed by atoms with Crippen molar-refractivity contribution >= 4 is 27.4 Å². The molecule has 0 amide bonds. The number of nitro groups is 1. The Labute approximate surface area is 90.4 Å². The first-order valence-electron chi connectivity index (χ1n) is 3.67. The van der Waals surface area contributed by atoms with E-state index in [1.54, 1.807) is 0 Å². The van der Waals surface area contributed by atoms with Gasteiger partial charge in [-0.2, -0.15) is 8.42 Å². The number of hydrogen-bond donors (Lipinski definition) is 1. The molecule has 0 atom stereocenters. The van der Waals surface area contributed by atoms with E-state index >= 15 is 0 Å². The van der Waals surface area contributed by atoms with E-state index in [1.807, 2.05) is 0 Å². The van der Waals surface area contributed by atoms with Crippen molar-refractivity contribution in [1.29, 1.82) is 0 Å². The van der Waals surface area contributed by atoms with Gasteiger partial charge in [-0.15, -0.1) is 0 Å². The predicted molar refractivity (Wildman–Crippen MR) is 53.4 cm³/mol. The lowest BCUT2D eigenvalue weighted by Crippen LogP contribution is -2.04. The lowest BCUT2D eigenvalue weighted by Gasteiger charge is -2.01. The molecule has 0 bridgehead atoms. The molecule has 1 aromatic carbocycles. The van der Waals surface area contributed by atoms with Crippen LogP contribution in [0.2, 0.25) is 5.02 Å². The molecule has 0 radical (unpaired) electrons. The minimum atomic E-state index is -4.31. The van der Waals surface area contributed by atoms with E-state index in [0.29, 0.717) is 0 Å². The van der Waals surface area contributed by atoms with E-state index < -0.39 is 26.5 Å². The summed E-state index contributed by atoms with van der Waals surface area (Å²) in [5.41, 5.74) is -0.535. The minimum Gasteiger partial charge on any atom is -0.285 e. The lowest BCUT2D eigenvalue weighted by atomic mass is 10.2. The van der Waals surface area contributed by atoms with Gasteiger partial charge in [-0.05, 0) is 12.1 Å². The van der Waals surface area contributed by atoms with Crippen molar-refractivity contribution in [1.82, 2.24) is 0 Å². The van der Waals surface area contributed by atoms with Crippen molar-refractivity contribution in [2.45, 2.75) is 5.75 Å². The fourth-order valence-corrected chi connectivity index (χ4v) is 1.86. The van der Waals surface area contributed by atoms with Gasteiger partial charge in [-0.25, -0.2) is 0 Å². The maximum Gasteiger partial charge on any atom is 0.273 e. The topological polar surface area (TPSA) is 97.5 Å². The molecule has 0 spiro atoms. The Morgan fingerprint density at radius 3 is 2.53 bits per heavy atom. The van der Waals surface area contributed by atoms with Gasteiger partial charge in [-0.3, -0.25) is 14.7 Å². The highest BCUT2D eigenvalue weighted by Crippen LogP contribution is 2.24. The zero-order valence-electron chi connectivity index (χ0n) is 7.25. The summed E-state index contributed by atoms with van der Waals surface area (Å²) in [6.07, 6.45) is 0. The molecule has 0 aliphatic carbocycles. The Morgan fingerprint density at radius 2 is 2.07 bits per heavy atom. The van der Waals surface area contributed by atoms with Crippen molar-refractivity contribution in [3.8, 4) is 0 Å². The smallest absolute Gasteiger partial charge is 0.273 e. The van der Waals surface area contributed by atoms with E-state index in [4.69, 9.17) is 16.2 Å². The summed E-state index contributed by atoms with van der Waals surface area (Å²) in [4.78, 5) is 9.77. The van der Waals surface area contributed by atoms with Gasteiger partial charge in [0.05, 0.1) is 4.92 Å². The van der Waals surface area contributed by atoms with Crippen LogP contribution >= 0.6 is 11.6 Å². The third kappa shape index (κ3) is 3.46. The fraction of sp³-hybridized carbons (Fsp3) is 0.143. The van der Waals surface area contributed by atoms with Crippen LogP contribution in [0.25, 0.3) is 0 Å². The molecule has 1 rings (SSSR count). The zero-order valence-corrected chi connectivity index (χ0v) is 8.83. The highest BCUT2D eigenvalue weighted by molar-refractivity contribution is 7.85. The Morgan fingerprint density at radius 1 is 1.47 bits per heavy atom. The molecule has 0 aliphatic rings. The number of hydrogen-bond acceptors (Lipinski definition) is 4. The number of benzene rings is 1. The molecule has 6 nitrogen and oxygen atoms in total. The van der Waals surface area contributed by atoms with Crippen LogP contribution in [0.4, 0.5) is 5.69 Å². The molecule has 0 saturated heterocycles. The highest BCUT2D eigenvalue weighted by atomic mass is 35.5. The maximum atomic E-state index is 10.6. The molecule has 82 valence electrons. The number of nitrogens with zero attached hydrogens (tertiary/aromatic N) is 1. The normalized spacial score (nSPS) is 11.3. The van der Waals surface area contributed by atoms with Gasteiger partial charge in [0.1, 0.15) is 5.75 Å². The van der Waals surface area contributed by atoms with Crippen LogP contribution in [0.1, 0.15) is 5.56 Å². The van der Waals surface area contributed by atoms with Crippen LogP contribution < -0.4 is 0 Å². The molecule has 0 aromatic heterocycles. The van der Waals surface area contributed by atoms with Crippen LogP contribution in [-0.4, -0.2) is 17.9 Å². The summed E-state index contributed by atoms with van der Waals surface area (Å²) in [6.45, 7) is 0. The molecule has 0 fully saturated rings. The van der Waals surface area contributed by atoms with E-state index in [0.717, 1.165) is 12.1 Å². The third-order valence-electron chi connectivity index (χ3n) is 1.58. The summed E-state index contributed by atoms with van der Waals surface area (Å²) in [5.74, 6) is -0.829. The summed E-state index contributed by atoms with van der Waals surface area (Å²) in [5, 5.41) is 10.7. The summed E-state index contributed by atoms with van der Waals surface area (Å²) >= 11 is 5.55. The highest BCUT2D eigenvalue weighted by Gasteiger charge is 2.18. The van der Waals surface area contributed by atoms with E-state index in [9.17, 15) is 18.5 Å². The largest absolute Gasteiger partial charge is 0.285 e. The maximum absolute atomic E-state index is 10.6. The Balaban J connectivity index is 3.25. The number of rotatable bonds is 3. The molecule has 1 N–H and O–H groups in total. The summed E-state index contributed by atoms with van der Waals surface area (Å²) in [6, 6.07) is 3.49. The Kier molecular flexibility index (Phi) is 3.28. The lowest BCUT2D eigenvalue weighted by molar-refractivity contribution is -0.385. The minimum absolute atomic E-state index is 0.144. The summed E-state index contributed by atoms with van der Waals surface area (Å²) in [7, 11) is -4.31. The van der Waals surface area contributed by atoms with Gasteiger partial charge < -0.3 is 0 Å². The van der Waals surface area contributed by atoms with Gasteiger partial charge in [0, 0.05) is 16.7 Å². The van der Waals surface area contributed by atoms with Gasteiger partial charge in [0.25, 0.3) is 15.8 Å². The SMILES string of the molecule is O=[N+]([O-])c1ccc(Cl)cc1CS(=O)(=O)O.